The third-order valence-electron chi connectivity index (χ3n) is 5.08. The minimum Gasteiger partial charge on any atom is -0.468 e. The average Bonchev–Trinajstić information content (AvgIpc) is 3.10. The minimum atomic E-state index is -0.400. The fraction of sp³-hybridized carbons (Fsp3) is 0.227. The van der Waals surface area contributed by atoms with Crippen LogP contribution in [0.4, 0.5) is 0 Å². The Morgan fingerprint density at radius 1 is 1.10 bits per heavy atom. The molecule has 0 fully saturated rings. The molecule has 3 aromatic rings. The Morgan fingerprint density at radius 3 is 2.33 bits per heavy atom. The molecule has 30 heavy (non-hydrogen) atoms. The van der Waals surface area contributed by atoms with Crippen LogP contribution in [0, 0.1) is 10.8 Å². The van der Waals surface area contributed by atoms with Gasteiger partial charge in [-0.15, -0.1) is 0 Å². The number of aromatic amines is 1. The van der Waals surface area contributed by atoms with Crippen LogP contribution < -0.4 is 16.8 Å². The largest absolute Gasteiger partial charge is 0.468 e. The van der Waals surface area contributed by atoms with Crippen LogP contribution in [0.3, 0.4) is 0 Å². The van der Waals surface area contributed by atoms with E-state index in [2.05, 4.69) is 10.3 Å². The number of nitrogen functional groups attached to an aromatic ring is 2. The molecule has 2 aromatic carbocycles. The Balaban J connectivity index is 1.98. The van der Waals surface area contributed by atoms with E-state index in [0.29, 0.717) is 24.1 Å². The highest BCUT2D eigenvalue weighted by atomic mass is 16.5. The average molecular weight is 406 g/mol. The van der Waals surface area contributed by atoms with Crippen molar-refractivity contribution in [2.75, 3.05) is 13.7 Å². The molecule has 1 heterocycles. The summed E-state index contributed by atoms with van der Waals surface area (Å²) in [5, 5.41) is 19.5. The van der Waals surface area contributed by atoms with Crippen LogP contribution in [-0.2, 0) is 16.0 Å². The van der Waals surface area contributed by atoms with Crippen LogP contribution in [0.15, 0.2) is 42.5 Å². The van der Waals surface area contributed by atoms with Gasteiger partial charge in [-0.2, -0.15) is 0 Å². The van der Waals surface area contributed by atoms with Crippen LogP contribution in [0.5, 0.6) is 0 Å². The van der Waals surface area contributed by atoms with Crippen LogP contribution in [0.1, 0.15) is 23.6 Å². The number of benzene rings is 2. The third-order valence-corrected chi connectivity index (χ3v) is 5.08. The van der Waals surface area contributed by atoms with Crippen LogP contribution in [-0.4, -0.2) is 42.3 Å². The molecular formula is C22H26N6O2. The molecule has 0 amide bonds. The number of nitrogens with two attached hydrogens (primary N) is 2. The molecule has 8 N–H and O–H groups in total. The van der Waals surface area contributed by atoms with Crippen LogP contribution >= 0.6 is 0 Å². The van der Waals surface area contributed by atoms with E-state index >= 15 is 0 Å². The predicted molar refractivity (Wildman–Crippen MR) is 119 cm³/mol. The summed E-state index contributed by atoms with van der Waals surface area (Å²) in [5.74, 6) is -0.278. The zero-order valence-electron chi connectivity index (χ0n) is 17.0. The van der Waals surface area contributed by atoms with Gasteiger partial charge in [0.05, 0.1) is 7.11 Å². The summed E-state index contributed by atoms with van der Waals surface area (Å²) in [5.41, 5.74) is 16.4. The lowest BCUT2D eigenvalue weighted by Gasteiger charge is -2.12. The molecule has 8 heteroatoms. The standard InChI is InChI=1S/C22H26N6O2/c1-12(22(29)30-2)27-10-9-17-16-8-7-15(21(25)26)11-18(16)28-19(17)13-3-5-14(6-4-13)20(23)24/h3-8,11-12,27-28H,9-10H2,1-2H3,(H3,23,24)(H3,25,26). The van der Waals surface area contributed by atoms with E-state index < -0.39 is 6.04 Å². The Bertz CT molecular complexity index is 1100. The van der Waals surface area contributed by atoms with Crippen molar-refractivity contribution in [2.45, 2.75) is 19.4 Å². The topological polar surface area (TPSA) is 154 Å². The lowest BCUT2D eigenvalue weighted by Crippen LogP contribution is -2.36. The molecule has 0 spiro atoms. The molecule has 0 radical (unpaired) electrons. The lowest BCUT2D eigenvalue weighted by molar-refractivity contribution is -0.142. The van der Waals surface area contributed by atoms with Crippen molar-refractivity contribution in [3.8, 4) is 11.3 Å². The number of fused-ring (bicyclic) bond motifs is 1. The highest BCUT2D eigenvalue weighted by Crippen LogP contribution is 2.31. The second-order valence-electron chi connectivity index (χ2n) is 7.09. The first-order valence-corrected chi connectivity index (χ1v) is 9.57. The second kappa shape index (κ2) is 8.79. The van der Waals surface area contributed by atoms with Gasteiger partial charge in [0.15, 0.2) is 0 Å². The maximum Gasteiger partial charge on any atom is 0.322 e. The summed E-state index contributed by atoms with van der Waals surface area (Å²) in [7, 11) is 1.37. The fourth-order valence-electron chi connectivity index (χ4n) is 3.42. The van der Waals surface area contributed by atoms with Gasteiger partial charge in [0, 0.05) is 34.3 Å². The quantitative estimate of drug-likeness (QED) is 0.192. The molecule has 0 saturated heterocycles. The van der Waals surface area contributed by atoms with E-state index in [-0.39, 0.29) is 17.6 Å². The number of carbonyl (C=O) groups is 1. The highest BCUT2D eigenvalue weighted by molar-refractivity contribution is 6.01. The smallest absolute Gasteiger partial charge is 0.322 e. The summed E-state index contributed by atoms with van der Waals surface area (Å²) >= 11 is 0. The molecule has 0 aliphatic carbocycles. The summed E-state index contributed by atoms with van der Waals surface area (Å²) in [6.45, 7) is 2.35. The molecule has 0 aliphatic rings. The SMILES string of the molecule is COC(=O)C(C)NCCc1c(-c2ccc(C(=N)N)cc2)[nH]c2cc(C(=N)N)ccc12. The van der Waals surface area contributed by atoms with E-state index in [1.807, 2.05) is 42.5 Å². The number of rotatable bonds is 8. The number of ether oxygens (including phenoxy) is 1. The third kappa shape index (κ3) is 4.33. The Morgan fingerprint density at radius 2 is 1.73 bits per heavy atom. The molecule has 0 aliphatic heterocycles. The number of nitrogens with one attached hydrogen (secondary N) is 4. The molecule has 156 valence electrons. The van der Waals surface area contributed by atoms with Gasteiger partial charge in [-0.25, -0.2) is 0 Å². The first-order chi connectivity index (χ1) is 14.3. The van der Waals surface area contributed by atoms with Gasteiger partial charge in [0.1, 0.15) is 17.7 Å². The number of methoxy groups -OCH3 is 1. The van der Waals surface area contributed by atoms with E-state index in [1.165, 1.54) is 7.11 Å². The number of esters is 1. The van der Waals surface area contributed by atoms with E-state index in [0.717, 1.165) is 27.7 Å². The monoisotopic (exact) mass is 406 g/mol. The molecule has 3 rings (SSSR count). The molecular weight excluding hydrogens is 380 g/mol. The number of carbonyl (C=O) groups excluding carboxylic acids is 1. The van der Waals surface area contributed by atoms with Gasteiger partial charge >= 0.3 is 5.97 Å². The van der Waals surface area contributed by atoms with Gasteiger partial charge < -0.3 is 26.5 Å². The molecule has 1 atom stereocenters. The first kappa shape index (κ1) is 21.1. The number of hydrogen-bond donors (Lipinski definition) is 6. The van der Waals surface area contributed by atoms with Crippen molar-refractivity contribution in [3.63, 3.8) is 0 Å². The lowest BCUT2D eigenvalue weighted by atomic mass is 10.0. The van der Waals surface area contributed by atoms with Crippen molar-refractivity contribution in [2.24, 2.45) is 11.5 Å². The van der Waals surface area contributed by atoms with Gasteiger partial charge in [-0.1, -0.05) is 36.4 Å². The number of hydrogen-bond acceptors (Lipinski definition) is 5. The summed E-state index contributed by atoms with van der Waals surface area (Å²) in [6.07, 6.45) is 0.671. The normalized spacial score (nSPS) is 11.9. The van der Waals surface area contributed by atoms with Gasteiger partial charge in [-0.05, 0) is 30.5 Å². The van der Waals surface area contributed by atoms with Gasteiger partial charge in [-0.3, -0.25) is 15.6 Å². The highest BCUT2D eigenvalue weighted by Gasteiger charge is 2.16. The Kier molecular flexibility index (Phi) is 6.17. The predicted octanol–water partition coefficient (Wildman–Crippen LogP) is 2.10. The molecule has 1 aromatic heterocycles. The zero-order valence-corrected chi connectivity index (χ0v) is 17.0. The maximum atomic E-state index is 11.6. The van der Waals surface area contributed by atoms with Crippen LogP contribution in [0.2, 0.25) is 0 Å². The second-order valence-corrected chi connectivity index (χ2v) is 7.09. The maximum absolute atomic E-state index is 11.6. The van der Waals surface area contributed by atoms with Crippen molar-refractivity contribution in [3.05, 3.63) is 59.2 Å². The van der Waals surface area contributed by atoms with E-state index in [4.69, 9.17) is 27.0 Å². The van der Waals surface area contributed by atoms with Crippen molar-refractivity contribution < 1.29 is 9.53 Å². The molecule has 0 bridgehead atoms. The van der Waals surface area contributed by atoms with Crippen LogP contribution in [0.25, 0.3) is 22.2 Å². The number of aromatic nitrogens is 1. The number of amidine groups is 2. The van der Waals surface area contributed by atoms with Crippen molar-refractivity contribution in [1.29, 1.82) is 10.8 Å². The molecule has 8 nitrogen and oxygen atoms in total. The first-order valence-electron chi connectivity index (χ1n) is 9.57. The van der Waals surface area contributed by atoms with Crippen molar-refractivity contribution in [1.82, 2.24) is 10.3 Å². The van der Waals surface area contributed by atoms with E-state index in [9.17, 15) is 4.79 Å². The summed E-state index contributed by atoms with van der Waals surface area (Å²) in [4.78, 5) is 15.1. The minimum absolute atomic E-state index is 0.00832. The van der Waals surface area contributed by atoms with Gasteiger partial charge in [0.2, 0.25) is 0 Å². The molecule has 1 unspecified atom stereocenters. The fourth-order valence-corrected chi connectivity index (χ4v) is 3.42. The van der Waals surface area contributed by atoms with E-state index in [1.54, 1.807) is 6.92 Å². The van der Waals surface area contributed by atoms with Gasteiger partial charge in [0.25, 0.3) is 0 Å². The zero-order chi connectivity index (χ0) is 21.8. The molecule has 0 saturated carbocycles. The summed E-state index contributed by atoms with van der Waals surface area (Å²) in [6, 6.07) is 12.7. The Hall–Kier alpha value is -3.65. The summed E-state index contributed by atoms with van der Waals surface area (Å²) < 4.78 is 4.76. The number of H-pyrrole nitrogens is 1. The van der Waals surface area contributed by atoms with Crippen molar-refractivity contribution >= 4 is 28.5 Å². The Labute approximate surface area is 174 Å².